The highest BCUT2D eigenvalue weighted by Crippen LogP contribution is 2.17. The van der Waals surface area contributed by atoms with E-state index in [1.165, 1.54) is 18.3 Å². The Morgan fingerprint density at radius 1 is 1.20 bits per heavy atom. The predicted octanol–water partition coefficient (Wildman–Crippen LogP) is 1.50. The highest BCUT2D eigenvalue weighted by molar-refractivity contribution is 7.14. The first-order chi connectivity index (χ1) is 12.0. The lowest BCUT2D eigenvalue weighted by Gasteiger charge is -2.06. The Labute approximate surface area is 147 Å². The van der Waals surface area contributed by atoms with Crippen molar-refractivity contribution < 1.29 is 19.1 Å². The van der Waals surface area contributed by atoms with Gasteiger partial charge in [-0.1, -0.05) is 12.1 Å². The first-order valence-corrected chi connectivity index (χ1v) is 8.12. The summed E-state index contributed by atoms with van der Waals surface area (Å²) < 4.78 is 4.80. The molecule has 0 saturated carbocycles. The molecule has 1 heterocycles. The van der Waals surface area contributed by atoms with Gasteiger partial charge in [0.1, 0.15) is 5.69 Å². The Balaban J connectivity index is 1.87. The van der Waals surface area contributed by atoms with Crippen molar-refractivity contribution >= 4 is 40.1 Å². The molecule has 0 aliphatic heterocycles. The second kappa shape index (κ2) is 8.76. The van der Waals surface area contributed by atoms with Crippen LogP contribution in [0.3, 0.4) is 0 Å². The maximum atomic E-state index is 12.1. The van der Waals surface area contributed by atoms with Crippen molar-refractivity contribution in [1.82, 2.24) is 10.4 Å². The molecule has 0 spiro atoms. The van der Waals surface area contributed by atoms with Gasteiger partial charge in [-0.2, -0.15) is 0 Å². The number of hydrazine groups is 1. The standard InChI is InChI=1S/C15H17N5O4S/c1-9(21)17-14-19-12(8-25-14)13(22)18-11-4-2-10(3-5-11)6-7-24-15(23)20-16/h2-5,8H,6-7,16H2,1H3,(H,18,22)(H,20,23)(H,17,19,21). The summed E-state index contributed by atoms with van der Waals surface area (Å²) in [5, 5.41) is 7.17. The number of nitrogens with one attached hydrogen (secondary N) is 3. The average molecular weight is 363 g/mol. The van der Waals surface area contributed by atoms with Gasteiger partial charge in [-0.3, -0.25) is 15.0 Å². The number of hydrogen-bond acceptors (Lipinski definition) is 7. The molecular formula is C15H17N5O4S. The van der Waals surface area contributed by atoms with Crippen LogP contribution in [0.15, 0.2) is 29.6 Å². The lowest BCUT2D eigenvalue weighted by molar-refractivity contribution is -0.114. The van der Waals surface area contributed by atoms with Gasteiger partial charge in [-0.15, -0.1) is 11.3 Å². The molecule has 2 rings (SSSR count). The van der Waals surface area contributed by atoms with Crippen LogP contribution in [0.25, 0.3) is 0 Å². The molecule has 0 fully saturated rings. The summed E-state index contributed by atoms with van der Waals surface area (Å²) >= 11 is 1.17. The Bertz CT molecular complexity index is 760. The van der Waals surface area contributed by atoms with Crippen molar-refractivity contribution in [3.8, 4) is 0 Å². The van der Waals surface area contributed by atoms with Crippen molar-refractivity contribution in [3.63, 3.8) is 0 Å². The summed E-state index contributed by atoms with van der Waals surface area (Å²) in [6.45, 7) is 1.57. The number of hydrogen-bond donors (Lipinski definition) is 4. The Morgan fingerprint density at radius 2 is 1.92 bits per heavy atom. The Morgan fingerprint density at radius 3 is 2.56 bits per heavy atom. The number of ether oxygens (including phenoxy) is 1. The van der Waals surface area contributed by atoms with Gasteiger partial charge < -0.3 is 15.4 Å². The van der Waals surface area contributed by atoms with Crippen LogP contribution in [0.5, 0.6) is 0 Å². The van der Waals surface area contributed by atoms with E-state index in [1.807, 2.05) is 17.6 Å². The molecule has 0 aliphatic carbocycles. The monoisotopic (exact) mass is 363 g/mol. The second-order valence-electron chi connectivity index (χ2n) is 4.90. The number of carbonyl (C=O) groups is 3. The number of nitrogens with two attached hydrogens (primary N) is 1. The van der Waals surface area contributed by atoms with Crippen LogP contribution in [0.1, 0.15) is 23.0 Å². The lowest BCUT2D eigenvalue weighted by Crippen LogP contribution is -2.31. The smallest absolute Gasteiger partial charge is 0.421 e. The van der Waals surface area contributed by atoms with Crippen molar-refractivity contribution in [1.29, 1.82) is 0 Å². The van der Waals surface area contributed by atoms with Gasteiger partial charge >= 0.3 is 6.09 Å². The maximum absolute atomic E-state index is 12.1. The number of anilines is 2. The molecule has 3 amide bonds. The minimum Gasteiger partial charge on any atom is -0.448 e. The number of benzene rings is 1. The first-order valence-electron chi connectivity index (χ1n) is 7.24. The lowest BCUT2D eigenvalue weighted by atomic mass is 10.1. The summed E-state index contributed by atoms with van der Waals surface area (Å²) in [6, 6.07) is 7.08. The van der Waals surface area contributed by atoms with Crippen LogP contribution in [0.4, 0.5) is 15.6 Å². The molecule has 1 aromatic carbocycles. The normalized spacial score (nSPS) is 10.0. The van der Waals surface area contributed by atoms with Gasteiger partial charge in [0.05, 0.1) is 6.61 Å². The highest BCUT2D eigenvalue weighted by atomic mass is 32.1. The highest BCUT2D eigenvalue weighted by Gasteiger charge is 2.11. The molecule has 132 valence electrons. The molecule has 2 aromatic rings. The predicted molar refractivity (Wildman–Crippen MR) is 93.2 cm³/mol. The molecule has 0 atom stereocenters. The summed E-state index contributed by atoms with van der Waals surface area (Å²) in [7, 11) is 0. The van der Waals surface area contributed by atoms with Crippen LogP contribution in [-0.2, 0) is 16.0 Å². The molecular weight excluding hydrogens is 346 g/mol. The zero-order valence-corrected chi connectivity index (χ0v) is 14.2. The van der Waals surface area contributed by atoms with Crippen molar-refractivity contribution in [2.45, 2.75) is 13.3 Å². The van der Waals surface area contributed by atoms with E-state index in [0.717, 1.165) is 5.56 Å². The molecule has 1 aromatic heterocycles. The summed E-state index contributed by atoms with van der Waals surface area (Å²) in [6.07, 6.45) is -0.167. The summed E-state index contributed by atoms with van der Waals surface area (Å²) in [5.74, 6) is 4.28. The molecule has 0 saturated heterocycles. The third-order valence-electron chi connectivity index (χ3n) is 2.97. The fourth-order valence-corrected chi connectivity index (χ4v) is 2.58. The summed E-state index contributed by atoms with van der Waals surface area (Å²) in [4.78, 5) is 38.0. The van der Waals surface area contributed by atoms with E-state index in [0.29, 0.717) is 17.2 Å². The second-order valence-corrected chi connectivity index (χ2v) is 5.76. The minimum atomic E-state index is -0.689. The fourth-order valence-electron chi connectivity index (χ4n) is 1.84. The van der Waals surface area contributed by atoms with Crippen LogP contribution in [-0.4, -0.2) is 29.5 Å². The number of rotatable bonds is 6. The van der Waals surface area contributed by atoms with Crippen LogP contribution in [0.2, 0.25) is 0 Å². The third kappa shape index (κ3) is 5.86. The van der Waals surface area contributed by atoms with Gasteiger partial charge in [-0.05, 0) is 17.7 Å². The van der Waals surface area contributed by atoms with Crippen LogP contribution < -0.4 is 21.9 Å². The van der Waals surface area contributed by atoms with Crippen LogP contribution >= 0.6 is 11.3 Å². The third-order valence-corrected chi connectivity index (χ3v) is 3.73. The van der Waals surface area contributed by atoms with E-state index < -0.39 is 6.09 Å². The number of thiazole rings is 1. The zero-order chi connectivity index (χ0) is 18.2. The van der Waals surface area contributed by atoms with Crippen molar-refractivity contribution in [3.05, 3.63) is 40.9 Å². The zero-order valence-electron chi connectivity index (χ0n) is 13.4. The van der Waals surface area contributed by atoms with Gasteiger partial charge in [0.15, 0.2) is 5.13 Å². The van der Waals surface area contributed by atoms with Gasteiger partial charge in [0.25, 0.3) is 5.91 Å². The first kappa shape index (κ1) is 18.4. The van der Waals surface area contributed by atoms with E-state index in [4.69, 9.17) is 10.6 Å². The molecule has 0 radical (unpaired) electrons. The number of aromatic nitrogens is 1. The van der Waals surface area contributed by atoms with Gasteiger partial charge in [0.2, 0.25) is 5.91 Å². The molecule has 9 nitrogen and oxygen atoms in total. The topological polar surface area (TPSA) is 135 Å². The van der Waals surface area contributed by atoms with E-state index in [2.05, 4.69) is 15.6 Å². The molecule has 0 aliphatic rings. The van der Waals surface area contributed by atoms with E-state index in [-0.39, 0.29) is 24.1 Å². The van der Waals surface area contributed by atoms with Crippen molar-refractivity contribution in [2.24, 2.45) is 5.84 Å². The number of amides is 3. The maximum Gasteiger partial charge on any atom is 0.421 e. The molecule has 5 N–H and O–H groups in total. The van der Waals surface area contributed by atoms with Crippen molar-refractivity contribution in [2.75, 3.05) is 17.2 Å². The van der Waals surface area contributed by atoms with Gasteiger partial charge in [-0.25, -0.2) is 15.6 Å². The largest absolute Gasteiger partial charge is 0.448 e. The quantitative estimate of drug-likeness (QED) is 0.349. The Kier molecular flexibility index (Phi) is 6.43. The van der Waals surface area contributed by atoms with E-state index in [1.54, 1.807) is 17.5 Å². The molecule has 10 heteroatoms. The molecule has 0 bridgehead atoms. The number of carbonyl (C=O) groups excluding carboxylic acids is 3. The Hall–Kier alpha value is -2.98. The van der Waals surface area contributed by atoms with E-state index >= 15 is 0 Å². The van der Waals surface area contributed by atoms with Gasteiger partial charge in [0, 0.05) is 24.4 Å². The average Bonchev–Trinajstić information content (AvgIpc) is 3.04. The van der Waals surface area contributed by atoms with E-state index in [9.17, 15) is 14.4 Å². The molecule has 25 heavy (non-hydrogen) atoms. The SMILES string of the molecule is CC(=O)Nc1nc(C(=O)Nc2ccc(CCOC(=O)NN)cc2)cs1. The fraction of sp³-hybridized carbons (Fsp3) is 0.200. The number of nitrogens with zero attached hydrogens (tertiary/aromatic N) is 1. The van der Waals surface area contributed by atoms with Crippen LogP contribution in [0, 0.1) is 0 Å². The summed E-state index contributed by atoms with van der Waals surface area (Å²) in [5.41, 5.74) is 3.63. The minimum absolute atomic E-state index is 0.194. The molecule has 0 unspecified atom stereocenters.